The third-order valence-electron chi connectivity index (χ3n) is 2.30. The fourth-order valence-corrected chi connectivity index (χ4v) is 2.63. The highest BCUT2D eigenvalue weighted by Crippen LogP contribution is 2.33. The van der Waals surface area contributed by atoms with Crippen LogP contribution in [0.15, 0.2) is 23.1 Å². The molecule has 0 saturated carbocycles. The summed E-state index contributed by atoms with van der Waals surface area (Å²) >= 11 is 7.76. The Bertz CT molecular complexity index is 342. The highest BCUT2D eigenvalue weighted by Gasteiger charge is 2.09. The van der Waals surface area contributed by atoms with Gasteiger partial charge in [0.1, 0.15) is 0 Å². The van der Waals surface area contributed by atoms with E-state index in [4.69, 9.17) is 16.7 Å². The second-order valence-corrected chi connectivity index (χ2v) is 5.69. The van der Waals surface area contributed by atoms with Crippen molar-refractivity contribution in [3.8, 4) is 0 Å². The molecule has 0 spiro atoms. The maximum absolute atomic E-state index is 9.41. The molecule has 2 nitrogen and oxygen atoms in total. The van der Waals surface area contributed by atoms with Crippen molar-refractivity contribution in [3.05, 3.63) is 28.8 Å². The minimum atomic E-state index is -0.494. The summed E-state index contributed by atoms with van der Waals surface area (Å²) in [5, 5.41) is 19.2. The molecule has 1 rings (SSSR count). The molecule has 2 atom stereocenters. The van der Waals surface area contributed by atoms with Crippen LogP contribution in [0, 0.1) is 0 Å². The molecule has 1 aromatic rings. The van der Waals surface area contributed by atoms with Gasteiger partial charge in [0.15, 0.2) is 0 Å². The molecule has 16 heavy (non-hydrogen) atoms. The quantitative estimate of drug-likeness (QED) is 0.799. The van der Waals surface area contributed by atoms with Crippen LogP contribution >= 0.6 is 23.4 Å². The van der Waals surface area contributed by atoms with Crippen LogP contribution in [-0.4, -0.2) is 22.1 Å². The number of aliphatic hydroxyl groups excluding tert-OH is 2. The lowest BCUT2D eigenvalue weighted by atomic mass is 10.1. The van der Waals surface area contributed by atoms with E-state index in [-0.39, 0.29) is 6.61 Å². The molecule has 1 aromatic carbocycles. The molecule has 0 heterocycles. The van der Waals surface area contributed by atoms with E-state index in [1.54, 1.807) is 24.8 Å². The van der Waals surface area contributed by atoms with E-state index in [9.17, 15) is 5.11 Å². The topological polar surface area (TPSA) is 40.5 Å². The van der Waals surface area contributed by atoms with Gasteiger partial charge in [-0.2, -0.15) is 0 Å². The van der Waals surface area contributed by atoms with E-state index in [1.807, 2.05) is 12.1 Å². The molecule has 0 aliphatic rings. The molecular weight excluding hydrogens is 244 g/mol. The molecular formula is C12H17ClO2S. The van der Waals surface area contributed by atoms with Crippen molar-refractivity contribution < 1.29 is 10.2 Å². The number of hydrogen-bond acceptors (Lipinski definition) is 3. The SMILES string of the molecule is CC(CCO)Sc1ccc([C@H](C)O)cc1Cl. The van der Waals surface area contributed by atoms with E-state index >= 15 is 0 Å². The standard InChI is InChI=1S/C12H17ClO2S/c1-8(5-6-14)16-12-4-3-10(9(2)15)7-11(12)13/h3-4,7-9,14-15H,5-6H2,1-2H3/t8?,9-/m0/s1. The molecule has 2 N–H and O–H groups in total. The molecule has 4 heteroatoms. The van der Waals surface area contributed by atoms with Gasteiger partial charge >= 0.3 is 0 Å². The number of benzene rings is 1. The van der Waals surface area contributed by atoms with E-state index in [2.05, 4.69) is 6.92 Å². The van der Waals surface area contributed by atoms with Gasteiger partial charge in [0.05, 0.1) is 11.1 Å². The molecule has 0 radical (unpaired) electrons. The number of rotatable bonds is 5. The van der Waals surface area contributed by atoms with Crippen molar-refractivity contribution in [3.63, 3.8) is 0 Å². The maximum Gasteiger partial charge on any atom is 0.0762 e. The summed E-state index contributed by atoms with van der Waals surface area (Å²) in [5.74, 6) is 0. The minimum absolute atomic E-state index is 0.192. The first-order valence-corrected chi connectivity index (χ1v) is 6.55. The third kappa shape index (κ3) is 3.98. The molecule has 0 aromatic heterocycles. The number of halogens is 1. The minimum Gasteiger partial charge on any atom is -0.396 e. The van der Waals surface area contributed by atoms with E-state index in [1.165, 1.54) is 0 Å². The van der Waals surface area contributed by atoms with Crippen LogP contribution in [0.2, 0.25) is 5.02 Å². The molecule has 0 bridgehead atoms. The molecule has 0 saturated heterocycles. The summed E-state index contributed by atoms with van der Waals surface area (Å²) in [6, 6.07) is 5.59. The van der Waals surface area contributed by atoms with E-state index in [0.29, 0.717) is 10.3 Å². The van der Waals surface area contributed by atoms with Crippen molar-refractivity contribution in [2.24, 2.45) is 0 Å². The van der Waals surface area contributed by atoms with Crippen LogP contribution in [0.25, 0.3) is 0 Å². The van der Waals surface area contributed by atoms with Gasteiger partial charge in [0.25, 0.3) is 0 Å². The van der Waals surface area contributed by atoms with Crippen molar-refractivity contribution in [2.45, 2.75) is 36.5 Å². The number of aliphatic hydroxyl groups is 2. The average Bonchev–Trinajstić information content (AvgIpc) is 2.21. The Balaban J connectivity index is 2.75. The Labute approximate surface area is 106 Å². The Kier molecular flexibility index (Phi) is 5.62. The van der Waals surface area contributed by atoms with Gasteiger partial charge in [-0.3, -0.25) is 0 Å². The highest BCUT2D eigenvalue weighted by molar-refractivity contribution is 8.00. The second-order valence-electron chi connectivity index (χ2n) is 3.81. The van der Waals surface area contributed by atoms with E-state index < -0.39 is 6.10 Å². The van der Waals surface area contributed by atoms with Gasteiger partial charge in [0, 0.05) is 16.8 Å². The second kappa shape index (κ2) is 6.50. The Hall–Kier alpha value is -0.220. The van der Waals surface area contributed by atoms with Crippen LogP contribution in [-0.2, 0) is 0 Å². The smallest absolute Gasteiger partial charge is 0.0762 e. The first-order chi connectivity index (χ1) is 7.54. The maximum atomic E-state index is 9.41. The largest absolute Gasteiger partial charge is 0.396 e. The van der Waals surface area contributed by atoms with Crippen LogP contribution in [0.1, 0.15) is 31.9 Å². The monoisotopic (exact) mass is 260 g/mol. The average molecular weight is 261 g/mol. The molecule has 0 amide bonds. The third-order valence-corrected chi connectivity index (χ3v) is 3.97. The first kappa shape index (κ1) is 13.8. The van der Waals surface area contributed by atoms with Gasteiger partial charge in [-0.15, -0.1) is 11.8 Å². The van der Waals surface area contributed by atoms with Crippen molar-refractivity contribution in [1.29, 1.82) is 0 Å². The lowest BCUT2D eigenvalue weighted by Gasteiger charge is -2.12. The van der Waals surface area contributed by atoms with Gasteiger partial charge in [-0.05, 0) is 31.0 Å². The molecule has 0 fully saturated rings. The van der Waals surface area contributed by atoms with Gasteiger partial charge in [0.2, 0.25) is 0 Å². The fraction of sp³-hybridized carbons (Fsp3) is 0.500. The van der Waals surface area contributed by atoms with Crippen LogP contribution in [0.5, 0.6) is 0 Å². The molecule has 0 aliphatic carbocycles. The van der Waals surface area contributed by atoms with Gasteiger partial charge in [-0.25, -0.2) is 0 Å². The van der Waals surface area contributed by atoms with Crippen molar-refractivity contribution in [2.75, 3.05) is 6.61 Å². The normalized spacial score (nSPS) is 14.8. The van der Waals surface area contributed by atoms with E-state index in [0.717, 1.165) is 16.9 Å². The predicted octanol–water partition coefficient (Wildman–Crippen LogP) is 3.26. The lowest BCUT2D eigenvalue weighted by molar-refractivity contribution is 0.199. The number of hydrogen-bond donors (Lipinski definition) is 2. The predicted molar refractivity (Wildman–Crippen MR) is 69.1 cm³/mol. The van der Waals surface area contributed by atoms with Crippen LogP contribution < -0.4 is 0 Å². The summed E-state index contributed by atoms with van der Waals surface area (Å²) < 4.78 is 0. The molecule has 0 aliphatic heterocycles. The van der Waals surface area contributed by atoms with Gasteiger partial charge < -0.3 is 10.2 Å². The summed E-state index contributed by atoms with van der Waals surface area (Å²) in [4.78, 5) is 0.993. The van der Waals surface area contributed by atoms with Crippen LogP contribution in [0.4, 0.5) is 0 Å². The molecule has 1 unspecified atom stereocenters. The van der Waals surface area contributed by atoms with Crippen molar-refractivity contribution in [1.82, 2.24) is 0 Å². The zero-order valence-electron chi connectivity index (χ0n) is 9.48. The fourth-order valence-electron chi connectivity index (χ4n) is 1.33. The summed E-state index contributed by atoms with van der Waals surface area (Å²) in [5.41, 5.74) is 0.823. The lowest BCUT2D eigenvalue weighted by Crippen LogP contribution is -1.99. The Morgan fingerprint density at radius 2 is 2.06 bits per heavy atom. The summed E-state index contributed by atoms with van der Waals surface area (Å²) in [6.45, 7) is 3.96. The summed E-state index contributed by atoms with van der Waals surface area (Å²) in [6.07, 6.45) is 0.255. The molecule has 90 valence electrons. The van der Waals surface area contributed by atoms with Gasteiger partial charge in [-0.1, -0.05) is 24.6 Å². The Morgan fingerprint density at radius 1 is 1.38 bits per heavy atom. The summed E-state index contributed by atoms with van der Waals surface area (Å²) in [7, 11) is 0. The Morgan fingerprint density at radius 3 is 2.56 bits per heavy atom. The number of thioether (sulfide) groups is 1. The first-order valence-electron chi connectivity index (χ1n) is 5.29. The zero-order valence-corrected chi connectivity index (χ0v) is 11.1. The zero-order chi connectivity index (χ0) is 12.1. The highest BCUT2D eigenvalue weighted by atomic mass is 35.5. The van der Waals surface area contributed by atoms with Crippen LogP contribution in [0.3, 0.4) is 0 Å². The van der Waals surface area contributed by atoms with Crippen molar-refractivity contribution >= 4 is 23.4 Å².